The van der Waals surface area contributed by atoms with Crippen LogP contribution in [0.4, 0.5) is 0 Å². The fourth-order valence-corrected chi connectivity index (χ4v) is 1.93. The van der Waals surface area contributed by atoms with Crippen LogP contribution in [0.25, 0.3) is 0 Å². The minimum absolute atomic E-state index is 0.00436. The van der Waals surface area contributed by atoms with Gasteiger partial charge in [0.15, 0.2) is 0 Å². The van der Waals surface area contributed by atoms with E-state index in [9.17, 15) is 0 Å². The van der Waals surface area contributed by atoms with Crippen molar-refractivity contribution in [1.29, 1.82) is 0 Å². The van der Waals surface area contributed by atoms with Gasteiger partial charge in [-0.05, 0) is 26.0 Å². The van der Waals surface area contributed by atoms with E-state index in [1.807, 2.05) is 18.2 Å². The topological polar surface area (TPSA) is 39.7 Å². The monoisotopic (exact) mass is 237 g/mol. The van der Waals surface area contributed by atoms with Crippen LogP contribution in [0.1, 0.15) is 25.6 Å². The van der Waals surface area contributed by atoms with Gasteiger partial charge in [0.1, 0.15) is 17.7 Å². The highest BCUT2D eigenvalue weighted by Gasteiger charge is 2.33. The molecular formula is C13H19NO3. The molecule has 1 aliphatic rings. The first-order valence-corrected chi connectivity index (χ1v) is 5.67. The standard InChI is InChI=1S/C13H19NO3/c1-13(2)8-17-12(14-13)10-6-5-9(15-3)7-11(10)16-4/h5-7,12,14H,8H2,1-4H3. The van der Waals surface area contributed by atoms with Crippen LogP contribution in [0.3, 0.4) is 0 Å². The molecule has 0 amide bonds. The van der Waals surface area contributed by atoms with Crippen molar-refractivity contribution in [3.63, 3.8) is 0 Å². The maximum Gasteiger partial charge on any atom is 0.138 e. The second kappa shape index (κ2) is 4.55. The first-order valence-electron chi connectivity index (χ1n) is 5.67. The Labute approximate surface area is 102 Å². The van der Waals surface area contributed by atoms with Gasteiger partial charge in [-0.15, -0.1) is 0 Å². The highest BCUT2D eigenvalue weighted by molar-refractivity contribution is 5.42. The molecule has 2 rings (SSSR count). The molecule has 1 unspecified atom stereocenters. The van der Waals surface area contributed by atoms with Crippen molar-refractivity contribution in [2.75, 3.05) is 20.8 Å². The van der Waals surface area contributed by atoms with Crippen LogP contribution < -0.4 is 14.8 Å². The lowest BCUT2D eigenvalue weighted by atomic mass is 10.1. The summed E-state index contributed by atoms with van der Waals surface area (Å²) in [6.07, 6.45) is -0.120. The Morgan fingerprint density at radius 3 is 2.59 bits per heavy atom. The summed E-state index contributed by atoms with van der Waals surface area (Å²) in [5.41, 5.74) is 0.995. The molecule has 0 aromatic heterocycles. The van der Waals surface area contributed by atoms with E-state index in [4.69, 9.17) is 14.2 Å². The van der Waals surface area contributed by atoms with Crippen LogP contribution in [0.5, 0.6) is 11.5 Å². The summed E-state index contributed by atoms with van der Waals surface area (Å²) >= 11 is 0. The maximum atomic E-state index is 5.74. The number of methoxy groups -OCH3 is 2. The molecule has 1 aromatic rings. The molecule has 1 heterocycles. The molecule has 1 fully saturated rings. The summed E-state index contributed by atoms with van der Waals surface area (Å²) in [5, 5.41) is 3.42. The zero-order valence-electron chi connectivity index (χ0n) is 10.7. The molecule has 94 valence electrons. The van der Waals surface area contributed by atoms with Gasteiger partial charge in [0, 0.05) is 17.2 Å². The molecule has 1 saturated heterocycles. The summed E-state index contributed by atoms with van der Waals surface area (Å²) in [7, 11) is 3.29. The van der Waals surface area contributed by atoms with Gasteiger partial charge in [-0.1, -0.05) is 0 Å². The van der Waals surface area contributed by atoms with Gasteiger partial charge in [-0.2, -0.15) is 0 Å². The van der Waals surface area contributed by atoms with Crippen LogP contribution >= 0.6 is 0 Å². The fourth-order valence-electron chi connectivity index (χ4n) is 1.93. The zero-order valence-corrected chi connectivity index (χ0v) is 10.7. The molecule has 1 atom stereocenters. The minimum Gasteiger partial charge on any atom is -0.497 e. The Balaban J connectivity index is 2.26. The predicted octanol–water partition coefficient (Wildman–Crippen LogP) is 2.10. The van der Waals surface area contributed by atoms with Crippen molar-refractivity contribution >= 4 is 0 Å². The van der Waals surface area contributed by atoms with E-state index in [1.54, 1.807) is 14.2 Å². The number of nitrogens with one attached hydrogen (secondary N) is 1. The van der Waals surface area contributed by atoms with Gasteiger partial charge in [0.2, 0.25) is 0 Å². The van der Waals surface area contributed by atoms with Gasteiger partial charge in [0.05, 0.1) is 20.8 Å². The molecule has 0 aliphatic carbocycles. The van der Waals surface area contributed by atoms with Gasteiger partial charge >= 0.3 is 0 Å². The van der Waals surface area contributed by atoms with E-state index >= 15 is 0 Å². The number of rotatable bonds is 3. The Morgan fingerprint density at radius 1 is 1.29 bits per heavy atom. The summed E-state index contributed by atoms with van der Waals surface area (Å²) in [4.78, 5) is 0. The lowest BCUT2D eigenvalue weighted by molar-refractivity contribution is 0.0966. The average Bonchev–Trinajstić information content (AvgIpc) is 2.68. The third-order valence-corrected chi connectivity index (χ3v) is 2.86. The molecule has 1 N–H and O–H groups in total. The quantitative estimate of drug-likeness (QED) is 0.874. The Bertz CT molecular complexity index is 404. The van der Waals surface area contributed by atoms with Crippen molar-refractivity contribution in [2.45, 2.75) is 25.6 Å². The number of ether oxygens (including phenoxy) is 3. The molecule has 0 spiro atoms. The van der Waals surface area contributed by atoms with Crippen molar-refractivity contribution in [3.8, 4) is 11.5 Å². The Kier molecular flexibility index (Phi) is 3.26. The summed E-state index contributed by atoms with van der Waals surface area (Å²) in [5.74, 6) is 1.56. The third kappa shape index (κ3) is 2.53. The average molecular weight is 237 g/mol. The molecule has 4 nitrogen and oxygen atoms in total. The number of hydrogen-bond donors (Lipinski definition) is 1. The van der Waals surface area contributed by atoms with E-state index in [-0.39, 0.29) is 11.8 Å². The van der Waals surface area contributed by atoms with Crippen LogP contribution in [0.2, 0.25) is 0 Å². The van der Waals surface area contributed by atoms with E-state index in [0.29, 0.717) is 6.61 Å². The molecule has 0 bridgehead atoms. The summed E-state index contributed by atoms with van der Waals surface area (Å²) in [6, 6.07) is 5.75. The van der Waals surface area contributed by atoms with Crippen LogP contribution in [-0.2, 0) is 4.74 Å². The lowest BCUT2D eigenvalue weighted by Crippen LogP contribution is -2.35. The van der Waals surface area contributed by atoms with Crippen molar-refractivity contribution < 1.29 is 14.2 Å². The fraction of sp³-hybridized carbons (Fsp3) is 0.538. The van der Waals surface area contributed by atoms with Crippen LogP contribution in [0, 0.1) is 0 Å². The second-order valence-electron chi connectivity index (χ2n) is 4.83. The minimum atomic E-state index is -0.120. The van der Waals surface area contributed by atoms with Crippen LogP contribution in [-0.4, -0.2) is 26.4 Å². The first-order chi connectivity index (χ1) is 8.05. The summed E-state index contributed by atoms with van der Waals surface area (Å²) < 4.78 is 16.3. The molecule has 0 radical (unpaired) electrons. The maximum absolute atomic E-state index is 5.74. The van der Waals surface area contributed by atoms with Gasteiger partial charge < -0.3 is 14.2 Å². The molecule has 17 heavy (non-hydrogen) atoms. The van der Waals surface area contributed by atoms with E-state index in [2.05, 4.69) is 19.2 Å². The lowest BCUT2D eigenvalue weighted by Gasteiger charge is -2.19. The SMILES string of the molecule is COc1ccc(C2NC(C)(C)CO2)c(OC)c1. The zero-order chi connectivity index (χ0) is 12.5. The van der Waals surface area contributed by atoms with Gasteiger partial charge in [-0.25, -0.2) is 0 Å². The smallest absolute Gasteiger partial charge is 0.138 e. The van der Waals surface area contributed by atoms with E-state index < -0.39 is 0 Å². The Morgan fingerprint density at radius 2 is 2.06 bits per heavy atom. The third-order valence-electron chi connectivity index (χ3n) is 2.86. The number of benzene rings is 1. The molecule has 1 aromatic carbocycles. The second-order valence-corrected chi connectivity index (χ2v) is 4.83. The van der Waals surface area contributed by atoms with Crippen molar-refractivity contribution in [3.05, 3.63) is 23.8 Å². The predicted molar refractivity (Wildman–Crippen MR) is 65.5 cm³/mol. The van der Waals surface area contributed by atoms with E-state index in [1.165, 1.54) is 0 Å². The molecule has 1 aliphatic heterocycles. The molecular weight excluding hydrogens is 218 g/mol. The molecule has 4 heteroatoms. The largest absolute Gasteiger partial charge is 0.497 e. The normalized spacial score (nSPS) is 22.5. The highest BCUT2D eigenvalue weighted by Crippen LogP contribution is 2.34. The van der Waals surface area contributed by atoms with Gasteiger partial charge in [0.25, 0.3) is 0 Å². The first kappa shape index (κ1) is 12.2. The van der Waals surface area contributed by atoms with E-state index in [0.717, 1.165) is 17.1 Å². The van der Waals surface area contributed by atoms with Gasteiger partial charge in [-0.3, -0.25) is 5.32 Å². The van der Waals surface area contributed by atoms with Crippen molar-refractivity contribution in [2.24, 2.45) is 0 Å². The van der Waals surface area contributed by atoms with Crippen molar-refractivity contribution in [1.82, 2.24) is 5.32 Å². The molecule has 0 saturated carbocycles. The number of hydrogen-bond acceptors (Lipinski definition) is 4. The van der Waals surface area contributed by atoms with Crippen LogP contribution in [0.15, 0.2) is 18.2 Å². The summed E-state index contributed by atoms with van der Waals surface area (Å²) in [6.45, 7) is 4.92. The Hall–Kier alpha value is -1.26. The highest BCUT2D eigenvalue weighted by atomic mass is 16.5.